The van der Waals surface area contributed by atoms with E-state index in [0.717, 1.165) is 23.5 Å². The Balaban J connectivity index is 2.06. The highest BCUT2D eigenvalue weighted by molar-refractivity contribution is 7.16. The van der Waals surface area contributed by atoms with Crippen LogP contribution < -0.4 is 5.32 Å². The summed E-state index contributed by atoms with van der Waals surface area (Å²) in [6.45, 7) is 8.99. The zero-order valence-corrected chi connectivity index (χ0v) is 14.0. The molecule has 0 aliphatic carbocycles. The molecule has 0 spiro atoms. The number of morpholine rings is 1. The number of aryl methyl sites for hydroxylation is 1. The first-order chi connectivity index (χ1) is 10.5. The normalized spacial score (nSPS) is 15.6. The molecular formula is C15H22N2O4S. The molecule has 22 heavy (non-hydrogen) atoms. The number of hydrogen-bond donors (Lipinski definition) is 1. The Morgan fingerprint density at radius 2 is 2.00 bits per heavy atom. The standard InChI is InChI=1S/C15H22N2O4S/c1-4-21-15(19)13-10(2)11(3)22-14(13)16-12(18)9-17-5-7-20-8-6-17/h4-9H2,1-3H3,(H,16,18). The average molecular weight is 326 g/mol. The number of hydrogen-bond acceptors (Lipinski definition) is 6. The minimum atomic E-state index is -0.383. The minimum Gasteiger partial charge on any atom is -0.462 e. The fourth-order valence-electron chi connectivity index (χ4n) is 2.29. The van der Waals surface area contributed by atoms with Gasteiger partial charge in [-0.2, -0.15) is 0 Å². The van der Waals surface area contributed by atoms with Crippen LogP contribution >= 0.6 is 11.3 Å². The molecule has 1 aromatic rings. The number of nitrogens with one attached hydrogen (secondary N) is 1. The molecule has 1 saturated heterocycles. The third kappa shape index (κ3) is 4.06. The average Bonchev–Trinajstić information content (AvgIpc) is 2.74. The van der Waals surface area contributed by atoms with E-state index in [9.17, 15) is 9.59 Å². The topological polar surface area (TPSA) is 67.9 Å². The van der Waals surface area contributed by atoms with Gasteiger partial charge in [0.2, 0.25) is 5.91 Å². The van der Waals surface area contributed by atoms with Crippen molar-refractivity contribution in [2.45, 2.75) is 20.8 Å². The quantitative estimate of drug-likeness (QED) is 0.836. The summed E-state index contributed by atoms with van der Waals surface area (Å²) < 4.78 is 10.3. The predicted molar refractivity (Wildman–Crippen MR) is 85.6 cm³/mol. The first kappa shape index (κ1) is 16.9. The van der Waals surface area contributed by atoms with Gasteiger partial charge >= 0.3 is 5.97 Å². The monoisotopic (exact) mass is 326 g/mol. The van der Waals surface area contributed by atoms with Crippen LogP contribution in [0.3, 0.4) is 0 Å². The highest BCUT2D eigenvalue weighted by Gasteiger charge is 2.23. The second-order valence-electron chi connectivity index (χ2n) is 5.14. The lowest BCUT2D eigenvalue weighted by molar-refractivity contribution is -0.118. The summed E-state index contributed by atoms with van der Waals surface area (Å²) in [7, 11) is 0. The molecule has 1 fully saturated rings. The highest BCUT2D eigenvalue weighted by Crippen LogP contribution is 2.33. The van der Waals surface area contributed by atoms with Crippen LogP contribution in [0.15, 0.2) is 0 Å². The van der Waals surface area contributed by atoms with Crippen molar-refractivity contribution in [1.82, 2.24) is 4.90 Å². The van der Waals surface area contributed by atoms with E-state index in [-0.39, 0.29) is 11.9 Å². The minimum absolute atomic E-state index is 0.117. The van der Waals surface area contributed by atoms with E-state index in [2.05, 4.69) is 5.32 Å². The summed E-state index contributed by atoms with van der Waals surface area (Å²) >= 11 is 1.41. The van der Waals surface area contributed by atoms with E-state index in [1.54, 1.807) is 6.92 Å². The van der Waals surface area contributed by atoms with Gasteiger partial charge in [-0.3, -0.25) is 9.69 Å². The SMILES string of the molecule is CCOC(=O)c1c(NC(=O)CN2CCOCC2)sc(C)c1C. The van der Waals surface area contributed by atoms with Crippen LogP contribution in [0.2, 0.25) is 0 Å². The molecule has 6 nitrogen and oxygen atoms in total. The molecule has 0 saturated carbocycles. The van der Waals surface area contributed by atoms with Gasteiger partial charge in [-0.1, -0.05) is 0 Å². The number of esters is 1. The highest BCUT2D eigenvalue weighted by atomic mass is 32.1. The fourth-order valence-corrected chi connectivity index (χ4v) is 3.36. The van der Waals surface area contributed by atoms with Crippen LogP contribution in [0.25, 0.3) is 0 Å². The molecule has 0 aromatic carbocycles. The Kier molecular flexibility index (Phi) is 5.93. The van der Waals surface area contributed by atoms with Crippen LogP contribution in [-0.4, -0.2) is 56.2 Å². The molecule has 1 aliphatic rings. The maximum absolute atomic E-state index is 12.2. The maximum Gasteiger partial charge on any atom is 0.341 e. The van der Waals surface area contributed by atoms with Crippen LogP contribution in [0.4, 0.5) is 5.00 Å². The molecule has 1 N–H and O–H groups in total. The van der Waals surface area contributed by atoms with Crippen molar-refractivity contribution in [3.8, 4) is 0 Å². The van der Waals surface area contributed by atoms with Crippen molar-refractivity contribution in [2.24, 2.45) is 0 Å². The number of nitrogens with zero attached hydrogens (tertiary/aromatic N) is 1. The van der Waals surface area contributed by atoms with E-state index in [1.165, 1.54) is 11.3 Å². The van der Waals surface area contributed by atoms with Gasteiger partial charge in [0, 0.05) is 18.0 Å². The van der Waals surface area contributed by atoms with Gasteiger partial charge in [0.15, 0.2) is 0 Å². The Labute approximate surface area is 134 Å². The first-order valence-electron chi connectivity index (χ1n) is 7.40. The summed E-state index contributed by atoms with van der Waals surface area (Å²) in [4.78, 5) is 27.3. The third-order valence-corrected chi connectivity index (χ3v) is 4.71. The van der Waals surface area contributed by atoms with Gasteiger partial charge in [-0.05, 0) is 26.3 Å². The summed E-state index contributed by atoms with van der Waals surface area (Å²) in [5, 5.41) is 3.43. The van der Waals surface area contributed by atoms with Crippen molar-refractivity contribution >= 4 is 28.2 Å². The number of ether oxygens (including phenoxy) is 2. The van der Waals surface area contributed by atoms with Gasteiger partial charge in [0.25, 0.3) is 0 Å². The second-order valence-corrected chi connectivity index (χ2v) is 6.37. The second kappa shape index (κ2) is 7.71. The number of carbonyl (C=O) groups is 2. The summed E-state index contributed by atoms with van der Waals surface area (Å²) in [5.74, 6) is -0.500. The smallest absolute Gasteiger partial charge is 0.341 e. The van der Waals surface area contributed by atoms with Crippen LogP contribution in [-0.2, 0) is 14.3 Å². The van der Waals surface area contributed by atoms with Crippen molar-refractivity contribution in [3.05, 3.63) is 16.0 Å². The Morgan fingerprint density at radius 1 is 1.32 bits per heavy atom. The molecular weight excluding hydrogens is 304 g/mol. The number of thiophene rings is 1. The van der Waals surface area contributed by atoms with Crippen molar-refractivity contribution in [2.75, 3.05) is 44.8 Å². The summed E-state index contributed by atoms with van der Waals surface area (Å²) in [6.07, 6.45) is 0. The van der Waals surface area contributed by atoms with Crippen molar-refractivity contribution in [1.29, 1.82) is 0 Å². The lowest BCUT2D eigenvalue weighted by Crippen LogP contribution is -2.41. The lowest BCUT2D eigenvalue weighted by atomic mass is 10.1. The van der Waals surface area contributed by atoms with E-state index in [4.69, 9.17) is 9.47 Å². The molecule has 1 aliphatic heterocycles. The fraction of sp³-hybridized carbons (Fsp3) is 0.600. The van der Waals surface area contributed by atoms with E-state index >= 15 is 0 Å². The number of amides is 1. The lowest BCUT2D eigenvalue weighted by Gasteiger charge is -2.25. The Morgan fingerprint density at radius 3 is 2.64 bits per heavy atom. The Hall–Kier alpha value is -1.44. The number of anilines is 1. The molecule has 7 heteroatoms. The van der Waals surface area contributed by atoms with Gasteiger partial charge in [0.05, 0.1) is 31.9 Å². The maximum atomic E-state index is 12.2. The van der Waals surface area contributed by atoms with Crippen molar-refractivity contribution in [3.63, 3.8) is 0 Å². The number of carbonyl (C=O) groups excluding carboxylic acids is 2. The van der Waals surface area contributed by atoms with E-state index < -0.39 is 0 Å². The van der Waals surface area contributed by atoms with Gasteiger partial charge in [0.1, 0.15) is 5.00 Å². The van der Waals surface area contributed by atoms with Crippen LogP contribution in [0.1, 0.15) is 27.7 Å². The third-order valence-electron chi connectivity index (χ3n) is 3.59. The first-order valence-corrected chi connectivity index (χ1v) is 8.21. The molecule has 0 bridgehead atoms. The molecule has 1 aromatic heterocycles. The molecule has 0 unspecified atom stereocenters. The van der Waals surface area contributed by atoms with Gasteiger partial charge in [-0.15, -0.1) is 11.3 Å². The summed E-state index contributed by atoms with van der Waals surface area (Å²) in [5.41, 5.74) is 1.34. The molecule has 122 valence electrons. The molecule has 2 rings (SSSR count). The molecule has 0 radical (unpaired) electrons. The number of rotatable bonds is 5. The predicted octanol–water partition coefficient (Wildman–Crippen LogP) is 1.81. The molecule has 1 amide bonds. The van der Waals surface area contributed by atoms with Crippen LogP contribution in [0, 0.1) is 13.8 Å². The van der Waals surface area contributed by atoms with Crippen molar-refractivity contribution < 1.29 is 19.1 Å². The summed E-state index contributed by atoms with van der Waals surface area (Å²) in [6, 6.07) is 0. The zero-order chi connectivity index (χ0) is 16.1. The van der Waals surface area contributed by atoms with E-state index in [0.29, 0.717) is 36.9 Å². The zero-order valence-electron chi connectivity index (χ0n) is 13.2. The van der Waals surface area contributed by atoms with Crippen LogP contribution in [0.5, 0.6) is 0 Å². The van der Waals surface area contributed by atoms with Gasteiger partial charge < -0.3 is 14.8 Å². The Bertz CT molecular complexity index is 550. The molecule has 0 atom stereocenters. The van der Waals surface area contributed by atoms with E-state index in [1.807, 2.05) is 18.7 Å². The largest absolute Gasteiger partial charge is 0.462 e. The van der Waals surface area contributed by atoms with Gasteiger partial charge in [-0.25, -0.2) is 4.79 Å². The molecule has 2 heterocycles.